The van der Waals surface area contributed by atoms with Crippen LogP contribution in [0.25, 0.3) is 11.1 Å². The van der Waals surface area contributed by atoms with Crippen molar-refractivity contribution in [1.29, 1.82) is 0 Å². The monoisotopic (exact) mass is 323 g/mol. The molecule has 112 valence electrons. The van der Waals surface area contributed by atoms with Gasteiger partial charge in [0.2, 0.25) is 0 Å². The highest BCUT2D eigenvalue weighted by Gasteiger charge is 2.07. The summed E-state index contributed by atoms with van der Waals surface area (Å²) in [5.41, 5.74) is 3.19. The lowest BCUT2D eigenvalue weighted by molar-refractivity contribution is 0.415. The van der Waals surface area contributed by atoms with Crippen molar-refractivity contribution < 1.29 is 4.74 Å². The Bertz CT molecular complexity index is 614. The van der Waals surface area contributed by atoms with Crippen molar-refractivity contribution in [3.05, 3.63) is 52.0 Å². The Morgan fingerprint density at radius 3 is 2.38 bits per heavy atom. The van der Waals surface area contributed by atoms with E-state index in [-0.39, 0.29) is 0 Å². The van der Waals surface area contributed by atoms with E-state index in [0.717, 1.165) is 41.2 Å². The molecule has 0 aliphatic heterocycles. The normalized spacial score (nSPS) is 10.7. The molecule has 2 aromatic carbocycles. The maximum absolute atomic E-state index is 6.37. The van der Waals surface area contributed by atoms with Crippen molar-refractivity contribution in [3.63, 3.8) is 0 Å². The van der Waals surface area contributed by atoms with Gasteiger partial charge in [-0.1, -0.05) is 48.3 Å². The Balaban J connectivity index is 2.23. The molecule has 0 amide bonds. The van der Waals surface area contributed by atoms with Gasteiger partial charge in [0.15, 0.2) is 0 Å². The average Bonchev–Trinajstić information content (AvgIpc) is 2.49. The predicted octanol–water partition coefficient (Wildman–Crippen LogP) is 5.17. The summed E-state index contributed by atoms with van der Waals surface area (Å²) < 4.78 is 5.25. The minimum absolute atomic E-state index is 0.604. The van der Waals surface area contributed by atoms with Crippen LogP contribution in [0.5, 0.6) is 5.75 Å². The van der Waals surface area contributed by atoms with E-state index in [1.54, 1.807) is 7.11 Å². The number of hydrogen-bond donors (Lipinski definition) is 1. The third-order valence-corrected chi connectivity index (χ3v) is 3.94. The lowest BCUT2D eigenvalue weighted by atomic mass is 10.0. The van der Waals surface area contributed by atoms with Crippen LogP contribution in [0.3, 0.4) is 0 Å². The second-order valence-corrected chi connectivity index (χ2v) is 5.65. The number of ether oxygens (including phenoxy) is 1. The van der Waals surface area contributed by atoms with Gasteiger partial charge in [0, 0.05) is 11.6 Å². The maximum atomic E-state index is 6.37. The summed E-state index contributed by atoms with van der Waals surface area (Å²) in [5.74, 6) is 0.666. The van der Waals surface area contributed by atoms with E-state index in [9.17, 15) is 0 Å². The van der Waals surface area contributed by atoms with E-state index in [0.29, 0.717) is 10.8 Å². The first kappa shape index (κ1) is 16.2. The summed E-state index contributed by atoms with van der Waals surface area (Å²) in [5, 5.41) is 4.73. The van der Waals surface area contributed by atoms with Crippen LogP contribution in [-0.4, -0.2) is 13.7 Å². The van der Waals surface area contributed by atoms with E-state index in [2.05, 4.69) is 24.4 Å². The zero-order chi connectivity index (χ0) is 15.2. The second-order valence-electron chi connectivity index (χ2n) is 4.83. The molecule has 0 aliphatic carbocycles. The highest BCUT2D eigenvalue weighted by molar-refractivity contribution is 6.32. The predicted molar refractivity (Wildman–Crippen MR) is 90.4 cm³/mol. The molecule has 0 saturated carbocycles. The first-order chi connectivity index (χ1) is 10.2. The number of benzene rings is 2. The van der Waals surface area contributed by atoms with Crippen LogP contribution in [0.4, 0.5) is 0 Å². The van der Waals surface area contributed by atoms with Gasteiger partial charge in [0.25, 0.3) is 0 Å². The van der Waals surface area contributed by atoms with Crippen LogP contribution in [-0.2, 0) is 6.54 Å². The molecule has 2 aromatic rings. The van der Waals surface area contributed by atoms with Crippen molar-refractivity contribution in [2.24, 2.45) is 0 Å². The first-order valence-corrected chi connectivity index (χ1v) is 7.74. The topological polar surface area (TPSA) is 21.3 Å². The summed E-state index contributed by atoms with van der Waals surface area (Å²) in [7, 11) is 1.61. The fourth-order valence-corrected chi connectivity index (χ4v) is 2.55. The molecule has 0 saturated heterocycles. The molecule has 0 atom stereocenters. The van der Waals surface area contributed by atoms with Gasteiger partial charge in [0.1, 0.15) is 5.75 Å². The van der Waals surface area contributed by atoms with Crippen molar-refractivity contribution in [3.8, 4) is 16.9 Å². The third kappa shape index (κ3) is 4.13. The van der Waals surface area contributed by atoms with Crippen LogP contribution in [0.15, 0.2) is 36.4 Å². The standard InChI is InChI=1S/C17H19Cl2NO/c1-3-8-20-11-14-5-4-12(9-16(14)19)13-6-7-15(18)17(10-13)21-2/h4-7,9-10,20H,3,8,11H2,1-2H3. The Kier molecular flexibility index (Phi) is 5.92. The van der Waals surface area contributed by atoms with Gasteiger partial charge in [-0.3, -0.25) is 0 Å². The molecule has 0 spiro atoms. The number of halogens is 2. The van der Waals surface area contributed by atoms with Crippen molar-refractivity contribution in [2.75, 3.05) is 13.7 Å². The Labute approximate surface area is 136 Å². The third-order valence-electron chi connectivity index (χ3n) is 3.28. The molecule has 2 rings (SSSR count). The van der Waals surface area contributed by atoms with Gasteiger partial charge in [0.05, 0.1) is 12.1 Å². The van der Waals surface area contributed by atoms with Crippen LogP contribution in [0.2, 0.25) is 10.0 Å². The lowest BCUT2D eigenvalue weighted by Gasteiger charge is -2.10. The molecular weight excluding hydrogens is 305 g/mol. The summed E-state index contributed by atoms with van der Waals surface area (Å²) in [6.45, 7) is 3.93. The fraction of sp³-hybridized carbons (Fsp3) is 0.294. The molecule has 4 heteroatoms. The van der Waals surface area contributed by atoms with E-state index in [1.165, 1.54) is 0 Å². The van der Waals surface area contributed by atoms with E-state index >= 15 is 0 Å². The Morgan fingerprint density at radius 1 is 1.00 bits per heavy atom. The van der Waals surface area contributed by atoms with Crippen LogP contribution in [0, 0.1) is 0 Å². The first-order valence-electron chi connectivity index (χ1n) is 6.98. The van der Waals surface area contributed by atoms with E-state index < -0.39 is 0 Å². The summed E-state index contributed by atoms with van der Waals surface area (Å²) >= 11 is 12.4. The van der Waals surface area contributed by atoms with Crippen molar-refractivity contribution in [2.45, 2.75) is 19.9 Å². The molecule has 0 unspecified atom stereocenters. The minimum Gasteiger partial charge on any atom is -0.495 e. The Morgan fingerprint density at radius 2 is 1.71 bits per heavy atom. The smallest absolute Gasteiger partial charge is 0.138 e. The maximum Gasteiger partial charge on any atom is 0.138 e. The van der Waals surface area contributed by atoms with Gasteiger partial charge in [-0.05, 0) is 47.9 Å². The number of rotatable bonds is 6. The average molecular weight is 324 g/mol. The van der Waals surface area contributed by atoms with Crippen LogP contribution < -0.4 is 10.1 Å². The lowest BCUT2D eigenvalue weighted by Crippen LogP contribution is -2.13. The van der Waals surface area contributed by atoms with Gasteiger partial charge in [-0.25, -0.2) is 0 Å². The fourth-order valence-electron chi connectivity index (χ4n) is 2.11. The molecule has 2 nitrogen and oxygen atoms in total. The quantitative estimate of drug-likeness (QED) is 0.740. The van der Waals surface area contributed by atoms with Crippen molar-refractivity contribution >= 4 is 23.2 Å². The minimum atomic E-state index is 0.604. The summed E-state index contributed by atoms with van der Waals surface area (Å²) in [6, 6.07) is 11.8. The van der Waals surface area contributed by atoms with Gasteiger partial charge >= 0.3 is 0 Å². The molecule has 1 N–H and O–H groups in total. The zero-order valence-electron chi connectivity index (χ0n) is 12.2. The van der Waals surface area contributed by atoms with Gasteiger partial charge in [-0.15, -0.1) is 0 Å². The van der Waals surface area contributed by atoms with Crippen molar-refractivity contribution in [1.82, 2.24) is 5.32 Å². The van der Waals surface area contributed by atoms with Crippen LogP contribution in [0.1, 0.15) is 18.9 Å². The number of methoxy groups -OCH3 is 1. The molecule has 21 heavy (non-hydrogen) atoms. The molecular formula is C17H19Cl2NO. The second kappa shape index (κ2) is 7.69. The number of hydrogen-bond acceptors (Lipinski definition) is 2. The summed E-state index contributed by atoms with van der Waals surface area (Å²) in [4.78, 5) is 0. The van der Waals surface area contributed by atoms with Gasteiger partial charge in [-0.2, -0.15) is 0 Å². The molecule has 0 fully saturated rings. The van der Waals surface area contributed by atoms with Gasteiger partial charge < -0.3 is 10.1 Å². The Hall–Kier alpha value is -1.22. The molecule has 0 aliphatic rings. The molecule has 0 aromatic heterocycles. The molecule has 0 bridgehead atoms. The SMILES string of the molecule is CCCNCc1ccc(-c2ccc(Cl)c(OC)c2)cc1Cl. The van der Waals surface area contributed by atoms with E-state index in [4.69, 9.17) is 27.9 Å². The highest BCUT2D eigenvalue weighted by Crippen LogP contribution is 2.32. The largest absolute Gasteiger partial charge is 0.495 e. The molecule has 0 radical (unpaired) electrons. The number of nitrogens with one attached hydrogen (secondary N) is 1. The summed E-state index contributed by atoms with van der Waals surface area (Å²) in [6.07, 6.45) is 1.11. The van der Waals surface area contributed by atoms with Crippen LogP contribution >= 0.6 is 23.2 Å². The molecule has 0 heterocycles. The highest BCUT2D eigenvalue weighted by atomic mass is 35.5. The van der Waals surface area contributed by atoms with E-state index in [1.807, 2.05) is 24.3 Å². The zero-order valence-corrected chi connectivity index (χ0v) is 13.8.